The monoisotopic (exact) mass is 352 g/mol. The molecule has 0 atom stereocenters. The van der Waals surface area contributed by atoms with E-state index in [4.69, 9.17) is 5.41 Å². The lowest BCUT2D eigenvalue weighted by Gasteiger charge is -2.52. The van der Waals surface area contributed by atoms with Gasteiger partial charge >= 0.3 is 0 Å². The van der Waals surface area contributed by atoms with Crippen LogP contribution in [0.5, 0.6) is 0 Å². The molecular formula is C17H28N4O2S. The molecule has 24 heavy (non-hydrogen) atoms. The summed E-state index contributed by atoms with van der Waals surface area (Å²) in [5, 5.41) is 10.1. The first-order valence-electron chi connectivity index (χ1n) is 8.19. The minimum absolute atomic E-state index is 0.150. The summed E-state index contributed by atoms with van der Waals surface area (Å²) in [7, 11) is -3.77. The minimum Gasteiger partial charge on any atom is -0.288 e. The number of sulfonamides is 1. The van der Waals surface area contributed by atoms with Crippen molar-refractivity contribution in [2.24, 2.45) is 0 Å². The number of guanidine groups is 1. The van der Waals surface area contributed by atoms with E-state index < -0.39 is 10.0 Å². The van der Waals surface area contributed by atoms with Crippen molar-refractivity contribution in [2.75, 3.05) is 0 Å². The van der Waals surface area contributed by atoms with Gasteiger partial charge in [0.1, 0.15) is 0 Å². The summed E-state index contributed by atoms with van der Waals surface area (Å²) < 4.78 is 27.1. The predicted octanol–water partition coefficient (Wildman–Crippen LogP) is 2.76. The van der Waals surface area contributed by atoms with Gasteiger partial charge in [-0.1, -0.05) is 17.7 Å². The van der Waals surface area contributed by atoms with Gasteiger partial charge < -0.3 is 0 Å². The number of piperidine rings is 1. The van der Waals surface area contributed by atoms with E-state index in [2.05, 4.69) is 37.8 Å². The molecule has 0 bridgehead atoms. The molecule has 1 saturated heterocycles. The highest BCUT2D eigenvalue weighted by Crippen LogP contribution is 2.36. The van der Waals surface area contributed by atoms with Crippen LogP contribution in [-0.4, -0.2) is 30.5 Å². The Morgan fingerprint density at radius 2 is 1.58 bits per heavy atom. The smallest absolute Gasteiger partial charge is 0.264 e. The molecule has 1 aromatic rings. The summed E-state index contributed by atoms with van der Waals surface area (Å²) in [4.78, 5) is 0.150. The SMILES string of the molecule is Cc1ccc(S(=O)(=O)NC(=N)NN2C(C)(C)CCCC2(C)C)cc1. The van der Waals surface area contributed by atoms with Crippen LogP contribution >= 0.6 is 0 Å². The lowest BCUT2D eigenvalue weighted by molar-refractivity contribution is -0.0517. The first kappa shape index (κ1) is 18.7. The first-order chi connectivity index (χ1) is 10.9. The van der Waals surface area contributed by atoms with Gasteiger partial charge in [0.05, 0.1) is 4.90 Å². The summed E-state index contributed by atoms with van der Waals surface area (Å²) >= 11 is 0. The number of hydrazine groups is 1. The number of nitrogens with zero attached hydrogens (tertiary/aromatic N) is 1. The first-order valence-corrected chi connectivity index (χ1v) is 9.67. The van der Waals surface area contributed by atoms with Crippen LogP contribution in [0.25, 0.3) is 0 Å². The normalized spacial score (nSPS) is 20.4. The van der Waals surface area contributed by atoms with Gasteiger partial charge in [-0.2, -0.15) is 0 Å². The number of hydrogen-bond donors (Lipinski definition) is 3. The van der Waals surface area contributed by atoms with Crippen molar-refractivity contribution in [3.05, 3.63) is 29.8 Å². The molecular weight excluding hydrogens is 324 g/mol. The van der Waals surface area contributed by atoms with Gasteiger partial charge in [0.2, 0.25) is 5.96 Å². The van der Waals surface area contributed by atoms with Crippen LogP contribution in [0.1, 0.15) is 52.5 Å². The Morgan fingerprint density at radius 1 is 1.08 bits per heavy atom. The lowest BCUT2D eigenvalue weighted by Crippen LogP contribution is -2.66. The van der Waals surface area contributed by atoms with Gasteiger partial charge in [-0.3, -0.25) is 10.8 Å². The maximum Gasteiger partial charge on any atom is 0.264 e. The zero-order valence-corrected chi connectivity index (χ0v) is 15.9. The van der Waals surface area contributed by atoms with E-state index in [0.717, 1.165) is 24.8 Å². The Kier molecular flexibility index (Phi) is 4.97. The highest BCUT2D eigenvalue weighted by Gasteiger charge is 2.42. The molecule has 0 spiro atoms. The third-order valence-corrected chi connectivity index (χ3v) is 5.94. The summed E-state index contributed by atoms with van der Waals surface area (Å²) in [5.74, 6) is -0.237. The summed E-state index contributed by atoms with van der Waals surface area (Å²) in [6.07, 6.45) is 3.09. The molecule has 1 fully saturated rings. The van der Waals surface area contributed by atoms with E-state index in [1.165, 1.54) is 0 Å². The molecule has 6 nitrogen and oxygen atoms in total. The second-order valence-corrected chi connectivity index (χ2v) is 9.40. The third-order valence-electron chi connectivity index (χ3n) is 4.58. The fourth-order valence-corrected chi connectivity index (χ4v) is 4.27. The molecule has 0 amide bonds. The molecule has 1 heterocycles. The Bertz CT molecular complexity index is 693. The molecule has 0 unspecified atom stereocenters. The summed E-state index contributed by atoms with van der Waals surface area (Å²) in [5.41, 5.74) is 3.62. The van der Waals surface area contributed by atoms with Crippen LogP contribution in [0, 0.1) is 12.3 Å². The Morgan fingerprint density at radius 3 is 2.08 bits per heavy atom. The van der Waals surface area contributed by atoms with Gasteiger partial charge in [0.15, 0.2) is 0 Å². The van der Waals surface area contributed by atoms with E-state index in [-0.39, 0.29) is 21.9 Å². The molecule has 1 aromatic carbocycles. The maximum atomic E-state index is 12.4. The van der Waals surface area contributed by atoms with E-state index >= 15 is 0 Å². The second kappa shape index (κ2) is 6.37. The standard InChI is InChI=1S/C17H28N4O2S/c1-13-7-9-14(10-8-13)24(22,23)20-15(18)19-21-16(2,3)11-6-12-17(21,4)5/h7-10H,6,11-12H2,1-5H3,(H3,18,19,20). The molecule has 2 rings (SSSR count). The quantitative estimate of drug-likeness (QED) is 0.577. The Labute approximate surface area is 145 Å². The molecule has 0 radical (unpaired) electrons. The molecule has 7 heteroatoms. The number of nitrogens with one attached hydrogen (secondary N) is 3. The van der Waals surface area contributed by atoms with Gasteiger partial charge in [-0.25, -0.2) is 18.1 Å². The molecule has 0 saturated carbocycles. The van der Waals surface area contributed by atoms with Crippen molar-refractivity contribution < 1.29 is 8.42 Å². The number of aryl methyl sites for hydroxylation is 1. The molecule has 3 N–H and O–H groups in total. The number of benzene rings is 1. The topological polar surface area (TPSA) is 85.3 Å². The summed E-state index contributed by atoms with van der Waals surface area (Å²) in [6, 6.07) is 6.56. The average molecular weight is 353 g/mol. The van der Waals surface area contributed by atoms with Gasteiger partial charge in [0.25, 0.3) is 10.0 Å². The van der Waals surface area contributed by atoms with Crippen molar-refractivity contribution in [1.29, 1.82) is 5.41 Å². The second-order valence-electron chi connectivity index (χ2n) is 7.72. The average Bonchev–Trinajstić information content (AvgIpc) is 2.42. The highest BCUT2D eigenvalue weighted by atomic mass is 32.2. The van der Waals surface area contributed by atoms with Crippen molar-refractivity contribution in [3.63, 3.8) is 0 Å². The molecule has 0 aromatic heterocycles. The van der Waals surface area contributed by atoms with E-state index in [9.17, 15) is 8.42 Å². The van der Waals surface area contributed by atoms with Crippen molar-refractivity contribution in [2.45, 2.75) is 69.9 Å². The van der Waals surface area contributed by atoms with Crippen LogP contribution in [0.3, 0.4) is 0 Å². The van der Waals surface area contributed by atoms with E-state index in [1.807, 2.05) is 11.9 Å². The molecule has 134 valence electrons. The summed E-state index contributed by atoms with van der Waals surface area (Å²) in [6.45, 7) is 10.3. The van der Waals surface area contributed by atoms with Crippen LogP contribution < -0.4 is 10.1 Å². The molecule has 1 aliphatic heterocycles. The predicted molar refractivity (Wildman–Crippen MR) is 96.2 cm³/mol. The van der Waals surface area contributed by atoms with Crippen LogP contribution in [0.2, 0.25) is 0 Å². The third kappa shape index (κ3) is 4.08. The van der Waals surface area contributed by atoms with Crippen LogP contribution in [0.4, 0.5) is 0 Å². The Balaban J connectivity index is 2.13. The number of hydrogen-bond acceptors (Lipinski definition) is 4. The van der Waals surface area contributed by atoms with Gasteiger partial charge in [0, 0.05) is 11.1 Å². The zero-order valence-electron chi connectivity index (χ0n) is 15.1. The van der Waals surface area contributed by atoms with Crippen molar-refractivity contribution in [1.82, 2.24) is 15.2 Å². The van der Waals surface area contributed by atoms with E-state index in [1.54, 1.807) is 24.3 Å². The highest BCUT2D eigenvalue weighted by molar-refractivity contribution is 7.90. The van der Waals surface area contributed by atoms with Crippen molar-refractivity contribution >= 4 is 16.0 Å². The Hall–Kier alpha value is -1.60. The largest absolute Gasteiger partial charge is 0.288 e. The molecule has 0 aliphatic carbocycles. The molecule has 1 aliphatic rings. The fourth-order valence-electron chi connectivity index (χ4n) is 3.34. The maximum absolute atomic E-state index is 12.4. The lowest BCUT2D eigenvalue weighted by atomic mass is 9.82. The minimum atomic E-state index is -3.77. The fraction of sp³-hybridized carbons (Fsp3) is 0.588. The van der Waals surface area contributed by atoms with Crippen LogP contribution in [0.15, 0.2) is 29.2 Å². The number of rotatable bonds is 3. The van der Waals surface area contributed by atoms with Gasteiger partial charge in [-0.15, -0.1) is 0 Å². The van der Waals surface area contributed by atoms with E-state index in [0.29, 0.717) is 0 Å². The van der Waals surface area contributed by atoms with Gasteiger partial charge in [-0.05, 0) is 66.0 Å². The van der Waals surface area contributed by atoms with Crippen LogP contribution in [-0.2, 0) is 10.0 Å². The zero-order chi connectivity index (χ0) is 18.2. The van der Waals surface area contributed by atoms with Crippen molar-refractivity contribution in [3.8, 4) is 0 Å².